The molecule has 2 N–H and O–H groups in total. The molecular weight excluding hydrogens is 248 g/mol. The third kappa shape index (κ3) is 3.18. The Morgan fingerprint density at radius 1 is 1.58 bits per heavy atom. The van der Waals surface area contributed by atoms with Gasteiger partial charge in [0.05, 0.1) is 4.92 Å². The quantitative estimate of drug-likeness (QED) is 0.629. The van der Waals surface area contributed by atoms with E-state index in [1.54, 1.807) is 0 Å². The summed E-state index contributed by atoms with van der Waals surface area (Å²) in [5.74, 6) is 0. The fraction of sp³-hybridized carbons (Fsp3) is 0.500. The Morgan fingerprint density at radius 2 is 2.32 bits per heavy atom. The van der Waals surface area contributed by atoms with E-state index in [2.05, 4.69) is 22.5 Å². The zero-order valence-electron chi connectivity index (χ0n) is 10.7. The van der Waals surface area contributed by atoms with Crippen molar-refractivity contribution in [3.8, 4) is 0 Å². The number of amides is 2. The minimum absolute atomic E-state index is 0.152. The monoisotopic (exact) mass is 264 g/mol. The normalized spacial score (nSPS) is 15.6. The summed E-state index contributed by atoms with van der Waals surface area (Å²) in [6.07, 6.45) is 5.79. The molecule has 102 valence electrons. The fourth-order valence-electron chi connectivity index (χ4n) is 1.90. The summed E-state index contributed by atoms with van der Waals surface area (Å²) >= 11 is 0. The second-order valence-electron chi connectivity index (χ2n) is 4.81. The number of anilines is 1. The zero-order chi connectivity index (χ0) is 13.9. The lowest BCUT2D eigenvalue weighted by Gasteiger charge is -2.13. The van der Waals surface area contributed by atoms with Crippen LogP contribution in [0.25, 0.3) is 0 Å². The highest BCUT2D eigenvalue weighted by Crippen LogP contribution is 2.47. The maximum Gasteiger partial charge on any atom is 0.319 e. The van der Waals surface area contributed by atoms with Crippen LogP contribution >= 0.6 is 0 Å². The largest absolute Gasteiger partial charge is 0.337 e. The van der Waals surface area contributed by atoms with Gasteiger partial charge in [0.15, 0.2) is 0 Å². The van der Waals surface area contributed by atoms with E-state index >= 15 is 0 Å². The zero-order valence-corrected chi connectivity index (χ0v) is 10.7. The van der Waals surface area contributed by atoms with Crippen molar-refractivity contribution in [3.63, 3.8) is 0 Å². The molecule has 0 aromatic carbocycles. The number of nitrogens with one attached hydrogen (secondary N) is 2. The van der Waals surface area contributed by atoms with E-state index in [0.29, 0.717) is 6.54 Å². The average Bonchev–Trinajstić information content (AvgIpc) is 3.17. The molecule has 19 heavy (non-hydrogen) atoms. The number of hydrogen-bond acceptors (Lipinski definition) is 4. The lowest BCUT2D eigenvalue weighted by Crippen LogP contribution is -2.33. The summed E-state index contributed by atoms with van der Waals surface area (Å²) < 4.78 is 0. The number of nitro groups is 1. The first-order valence-corrected chi connectivity index (χ1v) is 6.19. The SMILES string of the molecule is CCC1(CNC(=O)Nc2ccncc2[N+](=O)[O-])CC1. The van der Waals surface area contributed by atoms with Gasteiger partial charge in [0.2, 0.25) is 0 Å². The second-order valence-corrected chi connectivity index (χ2v) is 4.81. The molecule has 1 aromatic rings. The van der Waals surface area contributed by atoms with Gasteiger partial charge >= 0.3 is 11.7 Å². The van der Waals surface area contributed by atoms with Crippen LogP contribution < -0.4 is 10.6 Å². The summed E-state index contributed by atoms with van der Waals surface area (Å²) in [4.78, 5) is 25.6. The molecule has 1 saturated carbocycles. The summed E-state index contributed by atoms with van der Waals surface area (Å²) in [6.45, 7) is 2.70. The maximum absolute atomic E-state index is 11.7. The van der Waals surface area contributed by atoms with Gasteiger partial charge in [-0.05, 0) is 30.7 Å². The van der Waals surface area contributed by atoms with E-state index in [-0.39, 0.29) is 16.8 Å². The maximum atomic E-state index is 11.7. The molecule has 0 saturated heterocycles. The van der Waals surface area contributed by atoms with Gasteiger partial charge in [-0.15, -0.1) is 0 Å². The van der Waals surface area contributed by atoms with Crippen molar-refractivity contribution in [1.29, 1.82) is 0 Å². The first-order valence-electron chi connectivity index (χ1n) is 6.19. The van der Waals surface area contributed by atoms with E-state index in [9.17, 15) is 14.9 Å². The fourth-order valence-corrected chi connectivity index (χ4v) is 1.90. The van der Waals surface area contributed by atoms with E-state index in [1.807, 2.05) is 0 Å². The van der Waals surface area contributed by atoms with Crippen LogP contribution in [0.1, 0.15) is 26.2 Å². The van der Waals surface area contributed by atoms with Crippen molar-refractivity contribution in [2.45, 2.75) is 26.2 Å². The number of pyridine rings is 1. The summed E-state index contributed by atoms with van der Waals surface area (Å²) in [6, 6.07) is 0.985. The van der Waals surface area contributed by atoms with Crippen LogP contribution in [0.15, 0.2) is 18.5 Å². The van der Waals surface area contributed by atoms with Gasteiger partial charge in [-0.1, -0.05) is 6.92 Å². The van der Waals surface area contributed by atoms with Gasteiger partial charge in [0.25, 0.3) is 0 Å². The molecule has 0 spiro atoms. The second kappa shape index (κ2) is 5.21. The van der Waals surface area contributed by atoms with Crippen LogP contribution in [0.3, 0.4) is 0 Å². The van der Waals surface area contributed by atoms with Crippen molar-refractivity contribution in [2.24, 2.45) is 5.41 Å². The highest BCUT2D eigenvalue weighted by molar-refractivity contribution is 5.91. The van der Waals surface area contributed by atoms with Crippen molar-refractivity contribution in [1.82, 2.24) is 10.3 Å². The molecule has 0 bridgehead atoms. The summed E-state index contributed by atoms with van der Waals surface area (Å²) in [5, 5.41) is 16.0. The highest BCUT2D eigenvalue weighted by atomic mass is 16.6. The van der Waals surface area contributed by atoms with Gasteiger partial charge in [-0.25, -0.2) is 4.79 Å². The predicted octanol–water partition coefficient (Wildman–Crippen LogP) is 2.30. The standard InChI is InChI=1S/C12H16N4O3/c1-2-12(4-5-12)8-14-11(17)15-9-3-6-13-7-10(9)16(18)19/h3,6-7H,2,4-5,8H2,1H3,(H2,13,14,15,17). The summed E-state index contributed by atoms with van der Waals surface area (Å²) in [5.41, 5.74) is 0.176. The molecule has 1 aliphatic carbocycles. The number of hydrogen-bond donors (Lipinski definition) is 2. The molecule has 2 amide bonds. The van der Waals surface area contributed by atoms with Crippen LogP contribution in [0.5, 0.6) is 0 Å². The Bertz CT molecular complexity index is 500. The van der Waals surface area contributed by atoms with Crippen molar-refractivity contribution in [2.75, 3.05) is 11.9 Å². The molecule has 7 nitrogen and oxygen atoms in total. The Labute approximate surface area is 110 Å². The lowest BCUT2D eigenvalue weighted by molar-refractivity contribution is -0.384. The molecule has 7 heteroatoms. The van der Waals surface area contributed by atoms with Crippen LogP contribution in [0.4, 0.5) is 16.2 Å². The Hall–Kier alpha value is -2.18. The van der Waals surface area contributed by atoms with Gasteiger partial charge in [0, 0.05) is 12.7 Å². The minimum atomic E-state index is -0.572. The lowest BCUT2D eigenvalue weighted by atomic mass is 10.0. The smallest absolute Gasteiger partial charge is 0.319 e. The Balaban J connectivity index is 1.93. The molecule has 0 atom stereocenters. The van der Waals surface area contributed by atoms with E-state index in [0.717, 1.165) is 25.5 Å². The molecule has 0 radical (unpaired) electrons. The highest BCUT2D eigenvalue weighted by Gasteiger charge is 2.40. The van der Waals surface area contributed by atoms with Crippen LogP contribution in [-0.4, -0.2) is 22.5 Å². The number of urea groups is 1. The first kappa shape index (κ1) is 13.3. The van der Waals surface area contributed by atoms with Crippen molar-refractivity contribution in [3.05, 3.63) is 28.6 Å². The van der Waals surface area contributed by atoms with E-state index in [4.69, 9.17) is 0 Å². The summed E-state index contributed by atoms with van der Waals surface area (Å²) in [7, 11) is 0. The topological polar surface area (TPSA) is 97.2 Å². The number of aromatic nitrogens is 1. The van der Waals surface area contributed by atoms with Crippen LogP contribution in [0, 0.1) is 15.5 Å². The Kier molecular flexibility index (Phi) is 3.64. The van der Waals surface area contributed by atoms with Crippen LogP contribution in [-0.2, 0) is 0 Å². The van der Waals surface area contributed by atoms with Gasteiger partial charge in [-0.2, -0.15) is 0 Å². The van der Waals surface area contributed by atoms with Crippen molar-refractivity contribution >= 4 is 17.4 Å². The molecule has 1 heterocycles. The molecule has 0 unspecified atom stereocenters. The van der Waals surface area contributed by atoms with Crippen LogP contribution in [0.2, 0.25) is 0 Å². The molecule has 1 fully saturated rings. The molecule has 2 rings (SSSR count). The molecule has 1 aromatic heterocycles. The van der Waals surface area contributed by atoms with E-state index in [1.165, 1.54) is 12.3 Å². The molecule has 1 aliphatic rings. The number of carbonyl (C=O) groups is 1. The number of carbonyl (C=O) groups excluding carboxylic acids is 1. The van der Waals surface area contributed by atoms with Gasteiger partial charge in [0.1, 0.15) is 11.9 Å². The first-order chi connectivity index (χ1) is 9.06. The minimum Gasteiger partial charge on any atom is -0.337 e. The van der Waals surface area contributed by atoms with Crippen molar-refractivity contribution < 1.29 is 9.72 Å². The Morgan fingerprint density at radius 3 is 2.89 bits per heavy atom. The average molecular weight is 264 g/mol. The predicted molar refractivity (Wildman–Crippen MR) is 69.9 cm³/mol. The van der Waals surface area contributed by atoms with Gasteiger partial charge < -0.3 is 10.6 Å². The third-order valence-corrected chi connectivity index (χ3v) is 3.58. The van der Waals surface area contributed by atoms with Gasteiger partial charge in [-0.3, -0.25) is 15.1 Å². The number of nitrogens with zero attached hydrogens (tertiary/aromatic N) is 2. The molecule has 0 aliphatic heterocycles. The number of rotatable bonds is 5. The third-order valence-electron chi connectivity index (χ3n) is 3.58. The van der Waals surface area contributed by atoms with E-state index < -0.39 is 11.0 Å². The molecular formula is C12H16N4O3.